The molecule has 0 aliphatic heterocycles. The van der Waals surface area contributed by atoms with Crippen LogP contribution in [-0.2, 0) is 20.2 Å². The molecule has 7 heteroatoms. The van der Waals surface area contributed by atoms with Gasteiger partial charge in [-0.05, 0) is 84.5 Å². The first-order valence-electron chi connectivity index (χ1n) is 11.9. The summed E-state index contributed by atoms with van der Waals surface area (Å²) < 4.78 is 22.8. The minimum Gasteiger partial charge on any atom is -0.353 e. The van der Waals surface area contributed by atoms with Crippen LogP contribution in [-0.4, -0.2) is 63.0 Å². The molecule has 0 unspecified atom stereocenters. The average molecular weight is 464 g/mol. The van der Waals surface area contributed by atoms with Gasteiger partial charge in [0.1, 0.15) is 4.75 Å². The first-order valence-corrected chi connectivity index (χ1v) is 13.8. The fraction of sp³-hybridized carbons (Fsp3) is 0.720. The van der Waals surface area contributed by atoms with Gasteiger partial charge in [-0.2, -0.15) is 0 Å². The number of carbonyl (C=O) groups excluding carboxylic acids is 1. The van der Waals surface area contributed by atoms with E-state index < -0.39 is 20.5 Å². The zero-order valence-corrected chi connectivity index (χ0v) is 21.2. The van der Waals surface area contributed by atoms with Gasteiger partial charge in [-0.1, -0.05) is 36.8 Å². The van der Waals surface area contributed by atoms with Crippen LogP contribution in [0, 0.1) is 5.92 Å². The lowest BCUT2D eigenvalue weighted by Crippen LogP contribution is -2.61. The van der Waals surface area contributed by atoms with Crippen molar-refractivity contribution >= 4 is 15.7 Å². The summed E-state index contributed by atoms with van der Waals surface area (Å²) >= 11 is 0. The number of nitrogens with zero attached hydrogens (tertiary/aromatic N) is 1. The molecule has 2 saturated carbocycles. The normalized spacial score (nSPS) is 27.2. The van der Waals surface area contributed by atoms with Gasteiger partial charge in [0, 0.05) is 23.9 Å². The largest absolute Gasteiger partial charge is 0.353 e. The molecule has 180 valence electrons. The maximum absolute atomic E-state index is 12.8. The van der Waals surface area contributed by atoms with Crippen LogP contribution >= 0.6 is 0 Å². The number of nitrogens with one attached hydrogen (secondary N) is 2. The third-order valence-corrected chi connectivity index (χ3v) is 10.3. The highest BCUT2D eigenvalue weighted by molar-refractivity contribution is 7.92. The minimum absolute atomic E-state index is 0.0288. The van der Waals surface area contributed by atoms with Crippen molar-refractivity contribution < 1.29 is 13.2 Å². The molecule has 2 aliphatic carbocycles. The van der Waals surface area contributed by atoms with Crippen molar-refractivity contribution in [2.45, 2.75) is 74.6 Å². The van der Waals surface area contributed by atoms with Crippen molar-refractivity contribution in [3.8, 4) is 0 Å². The van der Waals surface area contributed by atoms with Gasteiger partial charge >= 0.3 is 0 Å². The number of amides is 1. The summed E-state index contributed by atoms with van der Waals surface area (Å²) in [6, 6.07) is 10.7. The first kappa shape index (κ1) is 25.2. The Kier molecular flexibility index (Phi) is 7.42. The monoisotopic (exact) mass is 463 g/mol. The fourth-order valence-electron chi connectivity index (χ4n) is 4.99. The molecule has 2 aliphatic rings. The van der Waals surface area contributed by atoms with Gasteiger partial charge in [-0.3, -0.25) is 9.69 Å². The maximum Gasteiger partial charge on any atom is 0.240 e. The molecule has 0 radical (unpaired) electrons. The smallest absolute Gasteiger partial charge is 0.240 e. The Morgan fingerprint density at radius 2 is 1.69 bits per heavy atom. The van der Waals surface area contributed by atoms with E-state index in [1.807, 2.05) is 0 Å². The Labute approximate surface area is 194 Å². The molecule has 0 bridgehead atoms. The summed E-state index contributed by atoms with van der Waals surface area (Å²) in [7, 11) is 0.802. The van der Waals surface area contributed by atoms with E-state index in [1.54, 1.807) is 0 Å². The topological polar surface area (TPSA) is 78.5 Å². The van der Waals surface area contributed by atoms with Gasteiger partial charge in [0.25, 0.3) is 0 Å². The number of hydrogen-bond acceptors (Lipinski definition) is 5. The minimum atomic E-state index is -3.50. The van der Waals surface area contributed by atoms with Gasteiger partial charge < -0.3 is 10.6 Å². The number of sulfone groups is 1. The van der Waals surface area contributed by atoms with E-state index in [0.29, 0.717) is 12.5 Å². The molecule has 1 aromatic carbocycles. The molecule has 2 N–H and O–H groups in total. The first-order chi connectivity index (χ1) is 14.9. The number of hydrogen-bond donors (Lipinski definition) is 2. The maximum atomic E-state index is 12.8. The van der Waals surface area contributed by atoms with E-state index in [9.17, 15) is 13.2 Å². The van der Waals surface area contributed by atoms with E-state index in [-0.39, 0.29) is 11.1 Å². The van der Waals surface area contributed by atoms with E-state index in [0.717, 1.165) is 38.5 Å². The highest BCUT2D eigenvalue weighted by atomic mass is 32.2. The summed E-state index contributed by atoms with van der Waals surface area (Å²) in [5.41, 5.74) is 1.09. The van der Waals surface area contributed by atoms with Crippen LogP contribution in [0.25, 0.3) is 0 Å². The van der Waals surface area contributed by atoms with Crippen molar-refractivity contribution in [2.75, 3.05) is 33.4 Å². The van der Waals surface area contributed by atoms with Crippen LogP contribution in [0.3, 0.4) is 0 Å². The highest BCUT2D eigenvalue weighted by Crippen LogP contribution is 2.44. The Morgan fingerprint density at radius 3 is 2.16 bits per heavy atom. The third kappa shape index (κ3) is 5.05. The van der Waals surface area contributed by atoms with Gasteiger partial charge in [0.05, 0.1) is 0 Å². The van der Waals surface area contributed by atoms with Gasteiger partial charge in [-0.25, -0.2) is 8.42 Å². The molecule has 0 heterocycles. The van der Waals surface area contributed by atoms with Gasteiger partial charge in [-0.15, -0.1) is 0 Å². The quantitative estimate of drug-likeness (QED) is 0.588. The Morgan fingerprint density at radius 1 is 1.09 bits per heavy atom. The zero-order chi connectivity index (χ0) is 23.6. The Hall–Kier alpha value is -1.44. The van der Waals surface area contributed by atoms with Crippen LogP contribution in [0.1, 0.15) is 64.4 Å². The lowest BCUT2D eigenvalue weighted by atomic mass is 9.68. The van der Waals surface area contributed by atoms with E-state index >= 15 is 0 Å². The molecule has 0 spiro atoms. The number of rotatable bonds is 9. The van der Waals surface area contributed by atoms with E-state index in [1.165, 1.54) is 38.7 Å². The lowest BCUT2D eigenvalue weighted by Gasteiger charge is -2.51. The predicted octanol–water partition coefficient (Wildman–Crippen LogP) is 3.09. The van der Waals surface area contributed by atoms with Gasteiger partial charge in [0.15, 0.2) is 9.84 Å². The molecule has 0 aromatic heterocycles. The number of benzene rings is 1. The van der Waals surface area contributed by atoms with E-state index in [2.05, 4.69) is 60.0 Å². The summed E-state index contributed by atoms with van der Waals surface area (Å²) in [6.45, 7) is 4.39. The SMILES string of the molecule is CN(C)C1(c2ccccc2)CCC(CNC(=O)C(C)(C)S(C)(=O)=O)(NCC2CCC2)CC1. The van der Waals surface area contributed by atoms with Crippen LogP contribution in [0.5, 0.6) is 0 Å². The van der Waals surface area contributed by atoms with Crippen molar-refractivity contribution in [2.24, 2.45) is 5.92 Å². The molecule has 0 atom stereocenters. The molecule has 3 rings (SSSR count). The summed E-state index contributed by atoms with van der Waals surface area (Å²) in [4.78, 5) is 15.2. The second-order valence-corrected chi connectivity index (χ2v) is 13.3. The van der Waals surface area contributed by atoms with Crippen LogP contribution < -0.4 is 10.6 Å². The van der Waals surface area contributed by atoms with Crippen molar-refractivity contribution in [3.05, 3.63) is 35.9 Å². The van der Waals surface area contributed by atoms with E-state index in [4.69, 9.17) is 0 Å². The second-order valence-electron chi connectivity index (χ2n) is 10.7. The second kappa shape index (κ2) is 9.43. The van der Waals surface area contributed by atoms with Crippen LogP contribution in [0.2, 0.25) is 0 Å². The molecule has 2 fully saturated rings. The predicted molar refractivity (Wildman–Crippen MR) is 130 cm³/mol. The summed E-state index contributed by atoms with van der Waals surface area (Å²) in [6.07, 6.45) is 8.77. The lowest BCUT2D eigenvalue weighted by molar-refractivity contribution is -0.123. The molecule has 1 aromatic rings. The third-order valence-electron chi connectivity index (χ3n) is 8.25. The number of carbonyl (C=O) groups is 1. The molecule has 6 nitrogen and oxygen atoms in total. The zero-order valence-electron chi connectivity index (χ0n) is 20.4. The van der Waals surface area contributed by atoms with Crippen molar-refractivity contribution in [1.82, 2.24) is 15.5 Å². The highest BCUT2D eigenvalue weighted by Gasteiger charge is 2.46. The Bertz CT molecular complexity index is 884. The molecule has 1 amide bonds. The summed E-state index contributed by atoms with van der Waals surface area (Å²) in [5, 5.41) is 6.83. The Balaban J connectivity index is 1.77. The summed E-state index contributed by atoms with van der Waals surface area (Å²) in [5.74, 6) is 0.294. The van der Waals surface area contributed by atoms with Crippen molar-refractivity contribution in [1.29, 1.82) is 0 Å². The standard InChI is InChI=1S/C25H41N3O3S/c1-23(2,32(5,30)31)22(29)26-19-24(27-18-20-10-9-11-20)14-16-25(17-15-24,28(3)4)21-12-7-6-8-13-21/h6-8,12-13,20,27H,9-11,14-19H2,1-5H3,(H,26,29). The molecular weight excluding hydrogens is 422 g/mol. The molecular formula is C25H41N3O3S. The molecule has 0 saturated heterocycles. The van der Waals surface area contributed by atoms with Crippen LogP contribution in [0.15, 0.2) is 30.3 Å². The molecule has 32 heavy (non-hydrogen) atoms. The average Bonchev–Trinajstić information content (AvgIpc) is 2.71. The van der Waals surface area contributed by atoms with Crippen molar-refractivity contribution in [3.63, 3.8) is 0 Å². The fourth-order valence-corrected chi connectivity index (χ4v) is 5.40. The van der Waals surface area contributed by atoms with Crippen LogP contribution in [0.4, 0.5) is 0 Å². The van der Waals surface area contributed by atoms with Gasteiger partial charge in [0.2, 0.25) is 5.91 Å².